The minimum atomic E-state index is 0.458. The van der Waals surface area contributed by atoms with Crippen LogP contribution in [-0.4, -0.2) is 26.8 Å². The fourth-order valence-electron chi connectivity index (χ4n) is 3.09. The van der Waals surface area contributed by atoms with Crippen molar-refractivity contribution in [1.82, 2.24) is 20.2 Å². The zero-order valence-electron chi connectivity index (χ0n) is 11.1. The molecule has 1 aromatic heterocycles. The maximum absolute atomic E-state index is 3.98. The highest BCUT2D eigenvalue weighted by atomic mass is 15.6. The Morgan fingerprint density at radius 1 is 1.35 bits per heavy atom. The molecule has 0 aromatic carbocycles. The minimum Gasteiger partial charge on any atom is -0.353 e. The highest BCUT2D eigenvalue weighted by Gasteiger charge is 2.34. The van der Waals surface area contributed by atoms with E-state index in [-0.39, 0.29) is 0 Å². The molecule has 2 rings (SSSR count). The molecule has 1 saturated carbocycles. The van der Waals surface area contributed by atoms with Crippen molar-refractivity contribution in [2.45, 2.75) is 46.0 Å². The molecule has 17 heavy (non-hydrogen) atoms. The van der Waals surface area contributed by atoms with Crippen LogP contribution in [0, 0.1) is 11.3 Å². The van der Waals surface area contributed by atoms with Crippen LogP contribution in [0.2, 0.25) is 0 Å². The average molecular weight is 237 g/mol. The van der Waals surface area contributed by atoms with Crippen LogP contribution in [0.15, 0.2) is 0 Å². The molecule has 1 heterocycles. The van der Waals surface area contributed by atoms with Gasteiger partial charge in [0.2, 0.25) is 5.95 Å². The van der Waals surface area contributed by atoms with Gasteiger partial charge in [0.15, 0.2) is 0 Å². The maximum atomic E-state index is 3.98. The van der Waals surface area contributed by atoms with Crippen LogP contribution in [-0.2, 0) is 7.05 Å². The van der Waals surface area contributed by atoms with Gasteiger partial charge in [-0.15, -0.1) is 0 Å². The van der Waals surface area contributed by atoms with Crippen molar-refractivity contribution < 1.29 is 0 Å². The molecule has 1 aliphatic carbocycles. The zero-order valence-corrected chi connectivity index (χ0v) is 11.1. The molecular formula is C12H23N5. The third kappa shape index (κ3) is 2.96. The molecule has 0 saturated heterocycles. The molecule has 0 unspecified atom stereocenters. The quantitative estimate of drug-likeness (QED) is 0.853. The Balaban J connectivity index is 1.96. The van der Waals surface area contributed by atoms with Gasteiger partial charge < -0.3 is 5.32 Å². The van der Waals surface area contributed by atoms with Crippen molar-refractivity contribution in [3.05, 3.63) is 0 Å². The van der Waals surface area contributed by atoms with E-state index in [4.69, 9.17) is 0 Å². The number of aryl methyl sites for hydroxylation is 1. The van der Waals surface area contributed by atoms with Gasteiger partial charge in [-0.3, -0.25) is 0 Å². The Morgan fingerprint density at radius 3 is 2.59 bits per heavy atom. The van der Waals surface area contributed by atoms with Gasteiger partial charge in [0, 0.05) is 13.6 Å². The molecule has 0 atom stereocenters. The van der Waals surface area contributed by atoms with E-state index >= 15 is 0 Å². The van der Waals surface area contributed by atoms with Crippen LogP contribution >= 0.6 is 0 Å². The lowest BCUT2D eigenvalue weighted by Crippen LogP contribution is -2.29. The fraction of sp³-hybridized carbons (Fsp3) is 0.917. The largest absolute Gasteiger partial charge is 0.353 e. The first-order valence-corrected chi connectivity index (χ1v) is 6.58. The van der Waals surface area contributed by atoms with Gasteiger partial charge in [0.25, 0.3) is 0 Å². The van der Waals surface area contributed by atoms with Gasteiger partial charge in [0.1, 0.15) is 0 Å². The Morgan fingerprint density at radius 2 is 2.06 bits per heavy atom. The van der Waals surface area contributed by atoms with E-state index in [9.17, 15) is 0 Å². The van der Waals surface area contributed by atoms with Crippen molar-refractivity contribution in [2.24, 2.45) is 18.4 Å². The predicted molar refractivity (Wildman–Crippen MR) is 67.6 cm³/mol. The van der Waals surface area contributed by atoms with Gasteiger partial charge in [-0.1, -0.05) is 31.8 Å². The number of rotatable bonds is 5. The number of nitrogens with zero attached hydrogens (tertiary/aromatic N) is 4. The normalized spacial score (nSPS) is 18.8. The molecule has 0 aliphatic heterocycles. The summed E-state index contributed by atoms with van der Waals surface area (Å²) >= 11 is 0. The summed E-state index contributed by atoms with van der Waals surface area (Å²) in [6.07, 6.45) is 6.70. The van der Waals surface area contributed by atoms with Crippen molar-refractivity contribution in [2.75, 3.05) is 11.9 Å². The second-order valence-electron chi connectivity index (χ2n) is 5.78. The van der Waals surface area contributed by atoms with Crippen molar-refractivity contribution >= 4 is 5.95 Å². The predicted octanol–water partition coefficient (Wildman–Crippen LogP) is 2.23. The van der Waals surface area contributed by atoms with Crippen LogP contribution in [0.25, 0.3) is 0 Å². The Hall–Kier alpha value is -1.13. The molecule has 1 fully saturated rings. The standard InChI is InChI=1S/C12H23N5/c1-10(2)8-12(6-4-5-7-12)9-13-11-14-15-16-17(11)3/h10H,4-9H2,1-3H3,(H,13,14,16). The number of hydrogen-bond donors (Lipinski definition) is 1. The summed E-state index contributed by atoms with van der Waals surface area (Å²) in [6, 6.07) is 0. The van der Waals surface area contributed by atoms with Crippen molar-refractivity contribution in [3.63, 3.8) is 0 Å². The van der Waals surface area contributed by atoms with E-state index in [1.54, 1.807) is 4.68 Å². The van der Waals surface area contributed by atoms with Gasteiger partial charge in [-0.05, 0) is 41.0 Å². The molecule has 1 N–H and O–H groups in total. The molecule has 5 heteroatoms. The lowest BCUT2D eigenvalue weighted by molar-refractivity contribution is 0.252. The summed E-state index contributed by atoms with van der Waals surface area (Å²) in [5.74, 6) is 1.53. The van der Waals surface area contributed by atoms with Crippen molar-refractivity contribution in [3.8, 4) is 0 Å². The molecule has 1 aromatic rings. The SMILES string of the molecule is CC(C)CC1(CNc2nnnn2C)CCCC1. The smallest absolute Gasteiger partial charge is 0.242 e. The van der Waals surface area contributed by atoms with E-state index in [0.717, 1.165) is 18.4 Å². The summed E-state index contributed by atoms with van der Waals surface area (Å²) < 4.78 is 1.69. The van der Waals surface area contributed by atoms with Gasteiger partial charge >= 0.3 is 0 Å². The van der Waals surface area contributed by atoms with Crippen molar-refractivity contribution in [1.29, 1.82) is 0 Å². The highest BCUT2D eigenvalue weighted by molar-refractivity contribution is 5.21. The number of tetrazole rings is 1. The number of nitrogens with one attached hydrogen (secondary N) is 1. The first-order chi connectivity index (χ1) is 8.11. The molecule has 0 spiro atoms. The molecule has 1 aliphatic rings. The summed E-state index contributed by atoms with van der Waals surface area (Å²) in [5, 5.41) is 14.9. The lowest BCUT2D eigenvalue weighted by atomic mass is 9.78. The fourth-order valence-corrected chi connectivity index (χ4v) is 3.09. The van der Waals surface area contributed by atoms with Crippen LogP contribution < -0.4 is 5.32 Å². The molecule has 5 nitrogen and oxygen atoms in total. The monoisotopic (exact) mass is 237 g/mol. The van der Waals surface area contributed by atoms with E-state index in [2.05, 4.69) is 34.7 Å². The number of anilines is 1. The zero-order chi connectivity index (χ0) is 12.3. The Bertz CT molecular complexity index is 352. The number of hydrogen-bond acceptors (Lipinski definition) is 4. The minimum absolute atomic E-state index is 0.458. The van der Waals surface area contributed by atoms with Crippen LogP contribution in [0.4, 0.5) is 5.95 Å². The highest BCUT2D eigenvalue weighted by Crippen LogP contribution is 2.43. The first kappa shape index (κ1) is 12.3. The number of aromatic nitrogens is 4. The third-order valence-electron chi connectivity index (χ3n) is 3.75. The Labute approximate surface area is 103 Å². The van der Waals surface area contributed by atoms with E-state index in [1.807, 2.05) is 7.05 Å². The molecule has 0 amide bonds. The maximum Gasteiger partial charge on any atom is 0.242 e. The molecule has 0 bridgehead atoms. The second kappa shape index (κ2) is 5.02. The van der Waals surface area contributed by atoms with Gasteiger partial charge in [-0.25, -0.2) is 4.68 Å². The topological polar surface area (TPSA) is 55.6 Å². The summed E-state index contributed by atoms with van der Waals surface area (Å²) in [5.41, 5.74) is 0.458. The van der Waals surface area contributed by atoms with Gasteiger partial charge in [0.05, 0.1) is 0 Å². The van der Waals surface area contributed by atoms with Crippen LogP contribution in [0.5, 0.6) is 0 Å². The Kier molecular flexibility index (Phi) is 3.64. The average Bonchev–Trinajstić information content (AvgIpc) is 2.85. The first-order valence-electron chi connectivity index (χ1n) is 6.58. The molecular weight excluding hydrogens is 214 g/mol. The van der Waals surface area contributed by atoms with E-state index < -0.39 is 0 Å². The summed E-state index contributed by atoms with van der Waals surface area (Å²) in [4.78, 5) is 0. The second-order valence-corrected chi connectivity index (χ2v) is 5.78. The van der Waals surface area contributed by atoms with E-state index in [1.165, 1.54) is 32.1 Å². The lowest BCUT2D eigenvalue weighted by Gasteiger charge is -2.31. The third-order valence-corrected chi connectivity index (χ3v) is 3.75. The van der Waals surface area contributed by atoms with Gasteiger partial charge in [-0.2, -0.15) is 0 Å². The summed E-state index contributed by atoms with van der Waals surface area (Å²) in [7, 11) is 1.87. The summed E-state index contributed by atoms with van der Waals surface area (Å²) in [6.45, 7) is 5.62. The van der Waals surface area contributed by atoms with E-state index in [0.29, 0.717) is 5.41 Å². The van der Waals surface area contributed by atoms with Crippen LogP contribution in [0.1, 0.15) is 46.0 Å². The molecule has 96 valence electrons. The van der Waals surface area contributed by atoms with Crippen LogP contribution in [0.3, 0.4) is 0 Å². The molecule has 0 radical (unpaired) electrons.